The second kappa shape index (κ2) is 20.6. The Morgan fingerprint density at radius 2 is 0.634 bits per heavy atom. The first kappa shape index (κ1) is 51.3. The van der Waals surface area contributed by atoms with Gasteiger partial charge in [-0.1, -0.05) is 172 Å². The first-order valence-electron chi connectivity index (χ1n) is 28.2. The molecule has 10 aromatic rings. The fraction of sp³-hybridized carbons (Fsp3) is 0.194. The summed E-state index contributed by atoms with van der Waals surface area (Å²) in [7, 11) is 0. The van der Waals surface area contributed by atoms with Crippen molar-refractivity contribution in [3.8, 4) is 56.8 Å². The molecule has 2 N–H and O–H groups in total. The normalized spacial score (nSPS) is 17.9. The van der Waals surface area contributed by atoms with Crippen LogP contribution in [0, 0.1) is 0 Å². The Morgan fingerprint density at radius 3 is 0.927 bits per heavy atom. The van der Waals surface area contributed by atoms with Crippen LogP contribution < -0.4 is 28.4 Å². The molecule has 2 aliphatic heterocycles. The van der Waals surface area contributed by atoms with Gasteiger partial charge in [0.2, 0.25) is 0 Å². The first-order chi connectivity index (χ1) is 40.1. The van der Waals surface area contributed by atoms with Crippen molar-refractivity contribution in [2.24, 2.45) is 0 Å². The topological polar surface area (TPSA) is 121 Å². The highest BCUT2D eigenvalue weighted by molar-refractivity contribution is 5.88. The van der Waals surface area contributed by atoms with Crippen LogP contribution in [-0.4, -0.2) is 60.8 Å². The van der Waals surface area contributed by atoms with Gasteiger partial charge < -0.3 is 48.1 Å². The third-order valence-electron chi connectivity index (χ3n) is 16.5. The van der Waals surface area contributed by atoms with Gasteiger partial charge in [-0.2, -0.15) is 0 Å². The highest BCUT2D eigenvalue weighted by atomic mass is 16.8. The van der Waals surface area contributed by atoms with Gasteiger partial charge in [0.25, 0.3) is 0 Å². The molecule has 82 heavy (non-hydrogen) atoms. The van der Waals surface area contributed by atoms with Crippen LogP contribution in [0.15, 0.2) is 231 Å². The van der Waals surface area contributed by atoms with Crippen molar-refractivity contribution < 1.29 is 48.1 Å². The van der Waals surface area contributed by atoms with E-state index in [9.17, 15) is 10.2 Å². The lowest BCUT2D eigenvalue weighted by Crippen LogP contribution is -2.41. The van der Waals surface area contributed by atoms with E-state index in [0.717, 1.165) is 57.7 Å². The predicted octanol–water partition coefficient (Wildman–Crippen LogP) is 14.1. The van der Waals surface area contributed by atoms with E-state index in [4.69, 9.17) is 37.9 Å². The summed E-state index contributed by atoms with van der Waals surface area (Å²) < 4.78 is 48.0. The average Bonchev–Trinajstić information content (AvgIpc) is 1.99. The summed E-state index contributed by atoms with van der Waals surface area (Å²) in [6, 6.07) is 78.0. The van der Waals surface area contributed by atoms with E-state index in [1.54, 1.807) is 12.1 Å². The number of benzene rings is 10. The average molecular weight is 1090 g/mol. The second-order valence-electron chi connectivity index (χ2n) is 21.5. The Labute approximate surface area is 476 Å². The standard InChI is InChI=1S/C72H60O10/c1-3-69(73,79-55-37-27-51(28-38-55)71(49-23-33-53(34-24-49)75-43-59-45-77-59)65-17-9-5-13-61(65)62-14-6-10-18-66(62)71)81-57-31-21-48-42-58(32-22-47(48)41-57)82-70(74,4-2)80-56-39-29-52(30-40-56)72(50-25-35-54(36-26-50)76-44-60-46-78-60)67-19-11-7-15-63(67)64-16-8-12-20-68(64)72/h5-42,59-60,73-74H,3-4,43-46H2,1-2H3. The van der Waals surface area contributed by atoms with E-state index in [1.165, 1.54) is 44.5 Å². The Bertz CT molecular complexity index is 3610. The van der Waals surface area contributed by atoms with Crippen LogP contribution in [-0.2, 0) is 20.3 Å². The molecule has 10 aromatic carbocycles. The van der Waals surface area contributed by atoms with Crippen molar-refractivity contribution in [1.82, 2.24) is 0 Å². The predicted molar refractivity (Wildman–Crippen MR) is 315 cm³/mol. The van der Waals surface area contributed by atoms with E-state index in [-0.39, 0.29) is 25.0 Å². The third kappa shape index (κ3) is 9.18. The molecule has 2 saturated heterocycles. The van der Waals surface area contributed by atoms with E-state index >= 15 is 0 Å². The third-order valence-corrected chi connectivity index (χ3v) is 16.5. The molecule has 0 radical (unpaired) electrons. The van der Waals surface area contributed by atoms with E-state index in [2.05, 4.69) is 146 Å². The molecule has 2 heterocycles. The minimum Gasteiger partial charge on any atom is -0.491 e. The zero-order chi connectivity index (χ0) is 55.5. The molecule has 4 unspecified atom stereocenters. The zero-order valence-electron chi connectivity index (χ0n) is 45.5. The SMILES string of the molecule is CCC(O)(Oc1ccc(C2(c3ccc(OCC4CO4)cc3)c3ccccc3-c3ccccc32)cc1)Oc1ccc2cc(OC(O)(CC)Oc3ccc(C4(c5ccc(OCC6CO6)cc5)c5ccccc5-c5ccccc54)cc3)ccc2c1. The van der Waals surface area contributed by atoms with Gasteiger partial charge in [-0.05, 0) is 150 Å². The molecule has 0 aromatic heterocycles. The van der Waals surface area contributed by atoms with Crippen LogP contribution in [0.3, 0.4) is 0 Å². The van der Waals surface area contributed by atoms with Crippen LogP contribution >= 0.6 is 0 Å². The summed E-state index contributed by atoms with van der Waals surface area (Å²) in [5.41, 5.74) is 12.5. The maximum absolute atomic E-state index is 11.9. The van der Waals surface area contributed by atoms with Gasteiger partial charge in [0.15, 0.2) is 0 Å². The molecule has 0 spiro atoms. The molecular weight excluding hydrogens is 1020 g/mol. The Balaban J connectivity index is 0.682. The van der Waals surface area contributed by atoms with Crippen molar-refractivity contribution >= 4 is 10.8 Å². The molecule has 10 heteroatoms. The smallest absolute Gasteiger partial charge is 0.368 e. The summed E-state index contributed by atoms with van der Waals surface area (Å²) in [6.07, 6.45) is 0.590. The minimum absolute atomic E-state index is 0.132. The molecule has 10 nitrogen and oxygen atoms in total. The first-order valence-corrected chi connectivity index (χ1v) is 28.2. The molecule has 0 bridgehead atoms. The molecule has 0 saturated carbocycles. The molecule has 4 atom stereocenters. The van der Waals surface area contributed by atoms with Gasteiger partial charge in [0, 0.05) is 0 Å². The van der Waals surface area contributed by atoms with Crippen molar-refractivity contribution in [2.75, 3.05) is 26.4 Å². The molecule has 2 fully saturated rings. The van der Waals surface area contributed by atoms with Crippen LogP contribution in [0.2, 0.25) is 0 Å². The quantitative estimate of drug-likeness (QED) is 0.0564. The number of aliphatic hydroxyl groups is 2. The van der Waals surface area contributed by atoms with E-state index in [0.29, 0.717) is 36.2 Å². The van der Waals surface area contributed by atoms with Crippen molar-refractivity contribution in [1.29, 1.82) is 0 Å². The minimum atomic E-state index is -1.99. The fourth-order valence-electron chi connectivity index (χ4n) is 12.3. The second-order valence-corrected chi connectivity index (χ2v) is 21.5. The number of hydrogen-bond donors (Lipinski definition) is 2. The Morgan fingerprint density at radius 1 is 0.366 bits per heavy atom. The monoisotopic (exact) mass is 1080 g/mol. The summed E-state index contributed by atoms with van der Waals surface area (Å²) in [5, 5.41) is 25.5. The number of fused-ring (bicyclic) bond motifs is 7. The molecule has 4 aliphatic rings. The molecule has 408 valence electrons. The zero-order valence-corrected chi connectivity index (χ0v) is 45.5. The van der Waals surface area contributed by atoms with Crippen LogP contribution in [0.25, 0.3) is 33.0 Å². The van der Waals surface area contributed by atoms with Gasteiger partial charge in [0.05, 0.1) is 36.9 Å². The van der Waals surface area contributed by atoms with Gasteiger partial charge in [0.1, 0.15) is 59.9 Å². The highest BCUT2D eigenvalue weighted by Crippen LogP contribution is 2.58. The van der Waals surface area contributed by atoms with Crippen LogP contribution in [0.1, 0.15) is 71.2 Å². The van der Waals surface area contributed by atoms with Crippen LogP contribution in [0.4, 0.5) is 0 Å². The lowest BCUT2D eigenvalue weighted by molar-refractivity contribution is -0.274. The molecule has 0 amide bonds. The molecule has 14 rings (SSSR count). The summed E-state index contributed by atoms with van der Waals surface area (Å²) in [6.45, 7) is 6.16. The summed E-state index contributed by atoms with van der Waals surface area (Å²) >= 11 is 0. The van der Waals surface area contributed by atoms with Gasteiger partial charge in [-0.3, -0.25) is 0 Å². The van der Waals surface area contributed by atoms with Gasteiger partial charge >= 0.3 is 11.9 Å². The summed E-state index contributed by atoms with van der Waals surface area (Å²) in [5.74, 6) is -0.685. The number of epoxide rings is 2. The summed E-state index contributed by atoms with van der Waals surface area (Å²) in [4.78, 5) is 0. The van der Waals surface area contributed by atoms with E-state index in [1.807, 2.05) is 86.6 Å². The van der Waals surface area contributed by atoms with Crippen molar-refractivity contribution in [2.45, 2.75) is 61.7 Å². The lowest BCUT2D eigenvalue weighted by Gasteiger charge is -2.34. The number of rotatable bonds is 20. The van der Waals surface area contributed by atoms with E-state index < -0.39 is 22.8 Å². The fourth-order valence-corrected chi connectivity index (χ4v) is 12.3. The van der Waals surface area contributed by atoms with Gasteiger partial charge in [-0.15, -0.1) is 0 Å². The Kier molecular flexibility index (Phi) is 12.9. The molecule has 2 aliphatic carbocycles. The largest absolute Gasteiger partial charge is 0.491 e. The number of ether oxygens (including phenoxy) is 8. The molecular formula is C72H60O10. The Hall–Kier alpha value is -8.90. The van der Waals surface area contributed by atoms with Crippen LogP contribution in [0.5, 0.6) is 34.5 Å². The van der Waals surface area contributed by atoms with Gasteiger partial charge in [-0.25, -0.2) is 0 Å². The van der Waals surface area contributed by atoms with Crippen molar-refractivity contribution in [3.63, 3.8) is 0 Å². The number of hydrogen-bond acceptors (Lipinski definition) is 10. The maximum atomic E-state index is 11.9. The maximum Gasteiger partial charge on any atom is 0.368 e. The van der Waals surface area contributed by atoms with Crippen molar-refractivity contribution in [3.05, 3.63) is 275 Å². The lowest BCUT2D eigenvalue weighted by atomic mass is 9.68. The highest BCUT2D eigenvalue weighted by Gasteiger charge is 2.48.